The van der Waals surface area contributed by atoms with Gasteiger partial charge >= 0.3 is 50.5 Å². The van der Waals surface area contributed by atoms with Crippen molar-refractivity contribution in [3.63, 3.8) is 0 Å². The van der Waals surface area contributed by atoms with Crippen LogP contribution in [0.4, 0.5) is 0 Å². The average molecular weight is 1050 g/mol. The second-order valence-electron chi connectivity index (χ2n) is 6.36. The Morgan fingerprint density at radius 2 is 1.41 bits per heavy atom. The van der Waals surface area contributed by atoms with E-state index in [1.54, 1.807) is 0 Å². The van der Waals surface area contributed by atoms with E-state index >= 15 is 0 Å². The van der Waals surface area contributed by atoms with Crippen LogP contribution in [0.3, 0.4) is 0 Å². The first-order valence-corrected chi connectivity index (χ1v) is 31.1. The molecule has 0 saturated carbocycles. The molecule has 0 spiro atoms. The number of rotatable bonds is 6. The molecule has 34 heavy (non-hydrogen) atoms. The Hall–Kier alpha value is 1.97. The van der Waals surface area contributed by atoms with Crippen LogP contribution in [-0.2, 0) is 6.54 Å². The van der Waals surface area contributed by atoms with Crippen LogP contribution in [0, 0.1) is 0 Å². The number of allylic oxidation sites excluding steroid dienone is 4. The molecule has 1 aliphatic rings. The summed E-state index contributed by atoms with van der Waals surface area (Å²) in [5.41, 5.74) is 5.96. The summed E-state index contributed by atoms with van der Waals surface area (Å²) in [5.74, 6) is 0. The normalized spacial score (nSPS) is 13.8. The number of thioether (sulfide) groups is 1. The molecule has 1 unspecified atom stereocenters. The number of aliphatic imine (C=N–C) groups is 1. The van der Waals surface area contributed by atoms with Crippen molar-refractivity contribution in [2.75, 3.05) is 27.2 Å². The van der Waals surface area contributed by atoms with Gasteiger partial charge in [-0.2, -0.15) is 0 Å². The molecule has 1 heterocycles. The van der Waals surface area contributed by atoms with Crippen LogP contribution in [0.1, 0.15) is 61.0 Å². The fourth-order valence-electron chi connectivity index (χ4n) is 2.31. The van der Waals surface area contributed by atoms with Gasteiger partial charge in [-0.15, -0.1) is 11.8 Å². The second kappa shape index (κ2) is 35.0. The zero-order valence-electron chi connectivity index (χ0n) is 22.5. The van der Waals surface area contributed by atoms with Gasteiger partial charge < -0.3 is 9.80 Å². The van der Waals surface area contributed by atoms with Gasteiger partial charge in [-0.1, -0.05) is 70.2 Å². The third-order valence-corrected chi connectivity index (χ3v) is 5.37. The van der Waals surface area contributed by atoms with E-state index in [0.717, 1.165) is 19.6 Å². The second-order valence-corrected chi connectivity index (χ2v) is 23.8. The van der Waals surface area contributed by atoms with E-state index in [1.165, 1.54) is 17.0 Å². The molecule has 0 aromatic heterocycles. The molecule has 0 amide bonds. The van der Waals surface area contributed by atoms with E-state index in [9.17, 15) is 0 Å². The Labute approximate surface area is 269 Å². The van der Waals surface area contributed by atoms with Crippen LogP contribution in [0.2, 0.25) is 0 Å². The predicted molar refractivity (Wildman–Crippen MR) is 193 cm³/mol. The fourth-order valence-corrected chi connectivity index (χ4v) is 3.13. The SMILES string of the molecule is C/C=C(\C)N(C)CC1CN=CS1.C/C=C(\C)N(C)Cc1ccccc1.CC.CC.II.I[I-]I. The molecule has 0 saturated heterocycles. The molecule has 3 nitrogen and oxygen atoms in total. The number of hydrogen-bond donors (Lipinski definition) is 0. The molecular formula is C25H45I5N3S-. The molecule has 1 aliphatic heterocycles. The van der Waals surface area contributed by atoms with Crippen LogP contribution in [0.15, 0.2) is 58.9 Å². The van der Waals surface area contributed by atoms with Crippen molar-refractivity contribution < 1.29 is 13.3 Å². The zero-order valence-corrected chi connectivity index (χ0v) is 34.1. The summed E-state index contributed by atoms with van der Waals surface area (Å²) in [4.78, 5) is 8.72. The predicted octanol–water partition coefficient (Wildman–Crippen LogP) is 7.63. The van der Waals surface area contributed by atoms with Crippen molar-refractivity contribution in [3.8, 4) is 0 Å². The Morgan fingerprint density at radius 3 is 1.79 bits per heavy atom. The molecule has 0 N–H and O–H groups in total. The third-order valence-electron chi connectivity index (χ3n) is 4.42. The molecule has 1 atom stereocenters. The first-order chi connectivity index (χ1) is 16.4. The van der Waals surface area contributed by atoms with Crippen LogP contribution in [-0.4, -0.2) is 47.8 Å². The fraction of sp³-hybridized carbons (Fsp3) is 0.560. The number of benzene rings is 1. The third kappa shape index (κ3) is 27.0. The number of halogens is 5. The van der Waals surface area contributed by atoms with Crippen LogP contribution in [0.5, 0.6) is 0 Å². The Kier molecular flexibility index (Phi) is 44.3. The van der Waals surface area contributed by atoms with Crippen LogP contribution < -0.4 is 13.3 Å². The number of nitrogens with zero attached hydrogens (tertiary/aromatic N) is 3. The van der Waals surface area contributed by atoms with Crippen LogP contribution >= 0.6 is 86.2 Å². The summed E-state index contributed by atoms with van der Waals surface area (Å²) in [6, 6.07) is 10.5. The van der Waals surface area contributed by atoms with Gasteiger partial charge in [0.25, 0.3) is 0 Å². The van der Waals surface area contributed by atoms with E-state index < -0.39 is 0 Å². The molecule has 9 heteroatoms. The molecule has 1 aromatic carbocycles. The molecule has 0 fully saturated rings. The van der Waals surface area contributed by atoms with Crippen molar-refractivity contribution in [1.29, 1.82) is 0 Å². The zero-order chi connectivity index (χ0) is 27.4. The summed E-state index contributed by atoms with van der Waals surface area (Å²) < 4.78 is 0. The van der Waals surface area contributed by atoms with Gasteiger partial charge in [0.1, 0.15) is 0 Å². The number of hydrogen-bond acceptors (Lipinski definition) is 4. The van der Waals surface area contributed by atoms with Crippen molar-refractivity contribution in [2.24, 2.45) is 4.99 Å². The molecule has 0 radical (unpaired) electrons. The molecule has 1 aromatic rings. The summed E-state index contributed by atoms with van der Waals surface area (Å²) in [6.45, 7) is 19.5. The van der Waals surface area contributed by atoms with Gasteiger partial charge in [-0.3, -0.25) is 4.99 Å². The monoisotopic (exact) mass is 1050 g/mol. The molecule has 202 valence electrons. The van der Waals surface area contributed by atoms with Gasteiger partial charge in [0.15, 0.2) is 0 Å². The minimum atomic E-state index is 0.530. The topological polar surface area (TPSA) is 18.8 Å². The molecule has 2 rings (SSSR count). The van der Waals surface area contributed by atoms with E-state index in [0.29, 0.717) is 18.5 Å². The summed E-state index contributed by atoms with van der Waals surface area (Å²) in [7, 11) is 4.25. The van der Waals surface area contributed by atoms with Crippen molar-refractivity contribution >= 4 is 91.8 Å². The standard InChI is InChI=1S/C12H17N.C9H16N2S.2C2H6.I3.I2/c1-4-11(2)13(3)10-12-8-6-5-7-9-12;1-4-8(2)11(3)6-9-5-10-7-12-9;2*1-2;1-3-2;1-2/h4-9H,10H2,1-3H3;4,7,9H,5-6H2,1-3H3;2*1-2H3;;/q;;;;-1;/b11-4+;8-4+;;;;. The summed E-state index contributed by atoms with van der Waals surface area (Å²) in [6.07, 6.45) is 4.27. The Bertz CT molecular complexity index is 606. The first kappa shape index (κ1) is 43.0. The van der Waals surface area contributed by atoms with Crippen molar-refractivity contribution in [1.82, 2.24) is 9.80 Å². The van der Waals surface area contributed by atoms with E-state index in [4.69, 9.17) is 0 Å². The average Bonchev–Trinajstić information content (AvgIpc) is 3.41. The van der Waals surface area contributed by atoms with Crippen LogP contribution in [0.25, 0.3) is 0 Å². The minimum absolute atomic E-state index is 0.530. The first-order valence-electron chi connectivity index (χ1n) is 11.3. The van der Waals surface area contributed by atoms with E-state index in [-0.39, 0.29) is 0 Å². The van der Waals surface area contributed by atoms with Gasteiger partial charge in [0, 0.05) is 81.1 Å². The van der Waals surface area contributed by atoms with Gasteiger partial charge in [-0.05, 0) is 33.3 Å². The maximum absolute atomic E-state index is 4.19. The maximum atomic E-state index is 4.19. The quantitative estimate of drug-likeness (QED) is 0.274. The van der Waals surface area contributed by atoms with E-state index in [1.807, 2.05) is 51.1 Å². The van der Waals surface area contributed by atoms with Gasteiger partial charge in [0.2, 0.25) is 0 Å². The molecule has 0 bridgehead atoms. The summed E-state index contributed by atoms with van der Waals surface area (Å²) >= 11 is 11.4. The Morgan fingerprint density at radius 1 is 0.971 bits per heavy atom. The Balaban J connectivity index is -0.000000198. The van der Waals surface area contributed by atoms with Crippen molar-refractivity contribution in [3.05, 3.63) is 59.4 Å². The van der Waals surface area contributed by atoms with Gasteiger partial charge in [0.05, 0.1) is 12.1 Å². The van der Waals surface area contributed by atoms with Gasteiger partial charge in [-0.25, -0.2) is 0 Å². The molecule has 0 aliphatic carbocycles. The summed E-state index contributed by atoms with van der Waals surface area (Å²) in [5, 5.41) is 0.657. The van der Waals surface area contributed by atoms with E-state index in [2.05, 4.69) is 167 Å². The van der Waals surface area contributed by atoms with Crippen molar-refractivity contribution in [2.45, 2.75) is 67.2 Å². The molecular weight excluding hydrogens is 1010 g/mol.